The minimum absolute atomic E-state index is 0.260. The maximum atomic E-state index is 13.3. The number of hydrogen-bond acceptors (Lipinski definition) is 5. The number of para-hydroxylation sites is 2. The van der Waals surface area contributed by atoms with Crippen molar-refractivity contribution in [1.82, 2.24) is 0 Å². The van der Waals surface area contributed by atoms with Crippen LogP contribution in [0.3, 0.4) is 0 Å². The second-order valence-electron chi connectivity index (χ2n) is 8.52. The third-order valence-corrected chi connectivity index (χ3v) is 5.83. The number of hydrogen-bond donors (Lipinski definition) is 2. The minimum Gasteiger partial charge on any atom is -0.462 e. The molecular formula is C29H27N3O5. The number of rotatable bonds is 7. The van der Waals surface area contributed by atoms with Gasteiger partial charge in [0, 0.05) is 11.8 Å². The van der Waals surface area contributed by atoms with Crippen LogP contribution >= 0.6 is 0 Å². The van der Waals surface area contributed by atoms with Crippen molar-refractivity contribution < 1.29 is 23.9 Å². The molecule has 8 nitrogen and oxygen atoms in total. The summed E-state index contributed by atoms with van der Waals surface area (Å²) in [5.41, 5.74) is 3.76. The summed E-state index contributed by atoms with van der Waals surface area (Å²) < 4.78 is 4.96. The zero-order chi connectivity index (χ0) is 26.4. The molecule has 3 aromatic carbocycles. The van der Waals surface area contributed by atoms with E-state index in [0.29, 0.717) is 22.6 Å². The molecule has 0 aromatic heterocycles. The lowest BCUT2D eigenvalue weighted by molar-refractivity contribution is -0.124. The van der Waals surface area contributed by atoms with E-state index in [-0.39, 0.29) is 13.0 Å². The summed E-state index contributed by atoms with van der Waals surface area (Å²) in [6.45, 7) is 3.96. The monoisotopic (exact) mass is 497 g/mol. The summed E-state index contributed by atoms with van der Waals surface area (Å²) in [4.78, 5) is 52.4. The molecule has 4 rings (SSSR count). The second kappa shape index (κ2) is 11.3. The Morgan fingerprint density at radius 3 is 2.41 bits per heavy atom. The van der Waals surface area contributed by atoms with Gasteiger partial charge in [0.05, 0.1) is 30.0 Å². The summed E-state index contributed by atoms with van der Waals surface area (Å²) in [5, 5.41) is 5.52. The Bertz CT molecular complexity index is 1350. The Morgan fingerprint density at radius 2 is 1.70 bits per heavy atom. The lowest BCUT2D eigenvalue weighted by atomic mass is 10.0. The lowest BCUT2D eigenvalue weighted by Gasteiger charge is -2.35. The number of anilines is 3. The average molecular weight is 498 g/mol. The van der Waals surface area contributed by atoms with Crippen molar-refractivity contribution in [1.29, 1.82) is 0 Å². The molecule has 2 N–H and O–H groups in total. The van der Waals surface area contributed by atoms with Crippen LogP contribution in [0.15, 0.2) is 78.9 Å². The Labute approximate surface area is 214 Å². The highest BCUT2D eigenvalue weighted by Crippen LogP contribution is 2.33. The van der Waals surface area contributed by atoms with Gasteiger partial charge in [0.25, 0.3) is 5.91 Å². The van der Waals surface area contributed by atoms with Crippen molar-refractivity contribution in [2.45, 2.75) is 26.3 Å². The van der Waals surface area contributed by atoms with Gasteiger partial charge in [-0.1, -0.05) is 42.0 Å². The number of esters is 1. The number of amides is 3. The highest BCUT2D eigenvalue weighted by Gasteiger charge is 2.37. The van der Waals surface area contributed by atoms with Gasteiger partial charge < -0.3 is 15.4 Å². The van der Waals surface area contributed by atoms with Gasteiger partial charge in [0.2, 0.25) is 11.8 Å². The Hall–Kier alpha value is -4.72. The quantitative estimate of drug-likeness (QED) is 0.368. The Kier molecular flexibility index (Phi) is 7.78. The van der Waals surface area contributed by atoms with E-state index in [9.17, 15) is 19.2 Å². The van der Waals surface area contributed by atoms with Crippen LogP contribution in [0.4, 0.5) is 17.1 Å². The fourth-order valence-corrected chi connectivity index (χ4v) is 3.96. The van der Waals surface area contributed by atoms with Crippen molar-refractivity contribution in [2.24, 2.45) is 0 Å². The molecule has 0 radical (unpaired) electrons. The normalized spacial score (nSPS) is 14.6. The van der Waals surface area contributed by atoms with Crippen molar-refractivity contribution in [3.63, 3.8) is 0 Å². The molecule has 0 fully saturated rings. The molecule has 0 aliphatic carbocycles. The number of carbonyl (C=O) groups excluding carboxylic acids is 4. The molecule has 1 atom stereocenters. The fourth-order valence-electron chi connectivity index (χ4n) is 3.96. The van der Waals surface area contributed by atoms with Gasteiger partial charge in [0.1, 0.15) is 6.04 Å². The standard InChI is InChI=1S/C29H27N3O5/c1-3-37-29(36)21-13-15-22(16-14-21)30-26(33)18-25-28(35)31-23-6-4-5-7-24(23)32(25)27(34)17-12-20-10-8-19(2)9-11-20/h4-17,25H,3,18H2,1-2H3,(H,30,33)(H,31,35)/b17-12+/t25-/m1/s1. The first-order valence-electron chi connectivity index (χ1n) is 11.9. The van der Waals surface area contributed by atoms with E-state index >= 15 is 0 Å². The molecule has 37 heavy (non-hydrogen) atoms. The number of carbonyl (C=O) groups is 4. The van der Waals surface area contributed by atoms with Crippen molar-refractivity contribution in [2.75, 3.05) is 22.1 Å². The van der Waals surface area contributed by atoms with Crippen LogP contribution in [0.5, 0.6) is 0 Å². The number of aryl methyl sites for hydroxylation is 1. The van der Waals surface area contributed by atoms with E-state index in [2.05, 4.69) is 10.6 Å². The van der Waals surface area contributed by atoms with Gasteiger partial charge in [0.15, 0.2) is 0 Å². The van der Waals surface area contributed by atoms with Gasteiger partial charge in [-0.3, -0.25) is 19.3 Å². The summed E-state index contributed by atoms with van der Waals surface area (Å²) in [6.07, 6.45) is 2.82. The van der Waals surface area contributed by atoms with Crippen molar-refractivity contribution >= 4 is 46.8 Å². The first-order chi connectivity index (χ1) is 17.9. The summed E-state index contributed by atoms with van der Waals surface area (Å²) >= 11 is 0. The first kappa shape index (κ1) is 25.4. The van der Waals surface area contributed by atoms with Gasteiger partial charge in [-0.25, -0.2) is 4.79 Å². The molecule has 188 valence electrons. The third kappa shape index (κ3) is 6.10. The second-order valence-corrected chi connectivity index (χ2v) is 8.52. The third-order valence-electron chi connectivity index (χ3n) is 5.83. The number of benzene rings is 3. The Morgan fingerprint density at radius 1 is 1.00 bits per heavy atom. The van der Waals surface area contributed by atoms with Crippen LogP contribution in [0, 0.1) is 6.92 Å². The number of nitrogens with one attached hydrogen (secondary N) is 2. The molecule has 0 unspecified atom stereocenters. The first-order valence-corrected chi connectivity index (χ1v) is 11.9. The molecule has 1 aliphatic rings. The van der Waals surface area contributed by atoms with Crippen molar-refractivity contribution in [3.05, 3.63) is 95.6 Å². The largest absolute Gasteiger partial charge is 0.462 e. The fraction of sp³-hybridized carbons (Fsp3) is 0.172. The zero-order valence-electron chi connectivity index (χ0n) is 20.6. The van der Waals surface area contributed by atoms with Crippen LogP contribution < -0.4 is 15.5 Å². The van der Waals surface area contributed by atoms with E-state index in [0.717, 1.165) is 11.1 Å². The summed E-state index contributed by atoms with van der Waals surface area (Å²) in [5.74, 6) is -1.78. The molecule has 0 saturated heterocycles. The summed E-state index contributed by atoms with van der Waals surface area (Å²) in [6, 6.07) is 19.8. The summed E-state index contributed by atoms with van der Waals surface area (Å²) in [7, 11) is 0. The van der Waals surface area contributed by atoms with E-state index in [1.54, 1.807) is 61.5 Å². The molecule has 0 spiro atoms. The molecule has 0 saturated carbocycles. The topological polar surface area (TPSA) is 105 Å². The smallest absolute Gasteiger partial charge is 0.338 e. The van der Waals surface area contributed by atoms with Crippen LogP contribution in [0.2, 0.25) is 0 Å². The number of nitrogens with zero attached hydrogens (tertiary/aromatic N) is 1. The number of ether oxygens (including phenoxy) is 1. The van der Waals surface area contributed by atoms with E-state index in [1.165, 1.54) is 11.0 Å². The average Bonchev–Trinajstić information content (AvgIpc) is 2.89. The molecule has 1 heterocycles. The van der Waals surface area contributed by atoms with Crippen LogP contribution in [0.25, 0.3) is 6.08 Å². The zero-order valence-corrected chi connectivity index (χ0v) is 20.6. The highest BCUT2D eigenvalue weighted by molar-refractivity contribution is 6.16. The van der Waals surface area contributed by atoms with E-state index < -0.39 is 29.7 Å². The SMILES string of the molecule is CCOC(=O)c1ccc(NC(=O)C[C@@H]2C(=O)Nc3ccccc3N2C(=O)/C=C/c2ccc(C)cc2)cc1. The van der Waals surface area contributed by atoms with Crippen LogP contribution in [-0.4, -0.2) is 36.3 Å². The molecule has 3 amide bonds. The molecular weight excluding hydrogens is 470 g/mol. The molecule has 3 aromatic rings. The van der Waals surface area contributed by atoms with Gasteiger partial charge >= 0.3 is 5.97 Å². The Balaban J connectivity index is 1.53. The van der Waals surface area contributed by atoms with E-state index in [4.69, 9.17) is 4.74 Å². The maximum Gasteiger partial charge on any atom is 0.338 e. The van der Waals surface area contributed by atoms with Crippen LogP contribution in [0.1, 0.15) is 34.8 Å². The predicted octanol–water partition coefficient (Wildman–Crippen LogP) is 4.57. The van der Waals surface area contributed by atoms with E-state index in [1.807, 2.05) is 31.2 Å². The molecule has 8 heteroatoms. The van der Waals surface area contributed by atoms with Gasteiger partial charge in [-0.2, -0.15) is 0 Å². The van der Waals surface area contributed by atoms with Crippen LogP contribution in [-0.2, 0) is 19.1 Å². The van der Waals surface area contributed by atoms with Gasteiger partial charge in [-0.15, -0.1) is 0 Å². The maximum absolute atomic E-state index is 13.3. The predicted molar refractivity (Wildman–Crippen MR) is 142 cm³/mol. The molecule has 0 bridgehead atoms. The molecule has 1 aliphatic heterocycles. The minimum atomic E-state index is -1.05. The van der Waals surface area contributed by atoms with Crippen molar-refractivity contribution in [3.8, 4) is 0 Å². The highest BCUT2D eigenvalue weighted by atomic mass is 16.5. The lowest BCUT2D eigenvalue weighted by Crippen LogP contribution is -2.52. The number of fused-ring (bicyclic) bond motifs is 1. The van der Waals surface area contributed by atoms with Gasteiger partial charge in [-0.05, 0) is 61.9 Å².